The van der Waals surface area contributed by atoms with E-state index in [4.69, 9.17) is 5.84 Å². The molecule has 1 amide bonds. The maximum Gasteiger partial charge on any atom is 0.237 e. The number of nitrogens with zero attached hydrogens (tertiary/aromatic N) is 3. The summed E-state index contributed by atoms with van der Waals surface area (Å²) in [7, 11) is 0. The number of halogens is 2. The van der Waals surface area contributed by atoms with Crippen LogP contribution in [0.15, 0.2) is 53.7 Å². The molecule has 6 nitrogen and oxygen atoms in total. The largest absolute Gasteiger partial charge is 0.335 e. The number of amides is 1. The lowest BCUT2D eigenvalue weighted by Gasteiger charge is -2.11. The first-order valence-corrected chi connectivity index (χ1v) is 8.52. The maximum absolute atomic E-state index is 13.9. The Bertz CT molecular complexity index is 946. The molecule has 0 aliphatic rings. The first-order valence-electron chi connectivity index (χ1n) is 7.64. The predicted octanol–water partition coefficient (Wildman–Crippen LogP) is 3.06. The highest BCUT2D eigenvalue weighted by atomic mass is 32.2. The molecule has 0 bridgehead atoms. The maximum atomic E-state index is 13.9. The molecule has 0 radical (unpaired) electrons. The van der Waals surface area contributed by atoms with Crippen LogP contribution in [0.1, 0.15) is 6.92 Å². The van der Waals surface area contributed by atoms with Crippen molar-refractivity contribution in [2.24, 2.45) is 0 Å². The highest BCUT2D eigenvalue weighted by Gasteiger charge is 2.21. The Morgan fingerprint density at radius 3 is 2.69 bits per heavy atom. The molecule has 0 spiro atoms. The molecule has 1 atom stereocenters. The number of anilines is 1. The molecule has 1 aromatic heterocycles. The van der Waals surface area contributed by atoms with Crippen LogP contribution in [0, 0.1) is 11.6 Å². The molecule has 2 aromatic carbocycles. The monoisotopic (exact) mass is 375 g/mol. The van der Waals surface area contributed by atoms with E-state index in [1.54, 1.807) is 25.1 Å². The van der Waals surface area contributed by atoms with Crippen molar-refractivity contribution in [3.8, 4) is 11.4 Å². The number of nitrogens with one attached hydrogen (secondary N) is 1. The molecule has 26 heavy (non-hydrogen) atoms. The first-order chi connectivity index (χ1) is 12.5. The summed E-state index contributed by atoms with van der Waals surface area (Å²) in [4.78, 5) is 12.3. The van der Waals surface area contributed by atoms with Gasteiger partial charge in [-0.15, -0.1) is 10.2 Å². The molecule has 0 unspecified atom stereocenters. The second kappa shape index (κ2) is 7.52. The van der Waals surface area contributed by atoms with Gasteiger partial charge < -0.3 is 11.2 Å². The highest BCUT2D eigenvalue weighted by molar-refractivity contribution is 8.00. The molecular formula is C17H15F2N5OS. The van der Waals surface area contributed by atoms with E-state index in [0.29, 0.717) is 5.69 Å². The summed E-state index contributed by atoms with van der Waals surface area (Å²) in [5.41, 5.74) is 0.565. The second-order valence-corrected chi connectivity index (χ2v) is 6.72. The minimum absolute atomic E-state index is 0.156. The highest BCUT2D eigenvalue weighted by Crippen LogP contribution is 2.26. The number of nitrogens with two attached hydrogens (primary N) is 1. The Morgan fingerprint density at radius 2 is 1.96 bits per heavy atom. The van der Waals surface area contributed by atoms with Crippen LogP contribution in [0.25, 0.3) is 11.4 Å². The van der Waals surface area contributed by atoms with Crippen LogP contribution in [0.3, 0.4) is 0 Å². The van der Waals surface area contributed by atoms with Gasteiger partial charge in [-0.1, -0.05) is 30.0 Å². The zero-order valence-corrected chi connectivity index (χ0v) is 14.5. The lowest BCUT2D eigenvalue weighted by Crippen LogP contribution is -2.23. The summed E-state index contributed by atoms with van der Waals surface area (Å²) < 4.78 is 28.2. The number of hydrogen-bond donors (Lipinski definition) is 2. The zero-order valence-electron chi connectivity index (χ0n) is 13.7. The summed E-state index contributed by atoms with van der Waals surface area (Å²) in [6.07, 6.45) is 0. The van der Waals surface area contributed by atoms with Gasteiger partial charge in [0.1, 0.15) is 11.6 Å². The van der Waals surface area contributed by atoms with E-state index in [1.165, 1.54) is 30.3 Å². The van der Waals surface area contributed by atoms with Crippen LogP contribution in [-0.4, -0.2) is 26.0 Å². The average Bonchev–Trinajstić information content (AvgIpc) is 2.96. The van der Waals surface area contributed by atoms with Crippen molar-refractivity contribution in [1.82, 2.24) is 14.9 Å². The summed E-state index contributed by atoms with van der Waals surface area (Å²) in [5, 5.41) is 10.1. The van der Waals surface area contributed by atoms with Crippen LogP contribution in [0.5, 0.6) is 0 Å². The number of rotatable bonds is 5. The summed E-state index contributed by atoms with van der Waals surface area (Å²) >= 11 is 1.06. The summed E-state index contributed by atoms with van der Waals surface area (Å²) in [5.74, 6) is 4.84. The third-order valence-electron chi connectivity index (χ3n) is 3.52. The van der Waals surface area contributed by atoms with Crippen molar-refractivity contribution in [3.05, 3.63) is 60.2 Å². The Balaban J connectivity index is 1.73. The lowest BCUT2D eigenvalue weighted by molar-refractivity contribution is -0.115. The van der Waals surface area contributed by atoms with Crippen LogP contribution in [0.2, 0.25) is 0 Å². The standard InChI is InChI=1S/C17H15F2N5OS/c1-10(16(25)21-12-6-4-5-11(18)9-12)26-17-23-22-15(24(17)20)13-7-2-3-8-14(13)19/h2-10H,20H2,1H3,(H,21,25)/t10-/m1/s1. The van der Waals surface area contributed by atoms with Gasteiger partial charge in [-0.2, -0.15) is 0 Å². The van der Waals surface area contributed by atoms with Gasteiger partial charge in [0.15, 0.2) is 5.82 Å². The first kappa shape index (κ1) is 17.9. The Hall–Kier alpha value is -2.94. The molecular weight excluding hydrogens is 360 g/mol. The van der Waals surface area contributed by atoms with Gasteiger partial charge in [-0.25, -0.2) is 13.5 Å². The molecule has 0 fully saturated rings. The SMILES string of the molecule is C[C@@H](Sc1nnc(-c2ccccc2F)n1N)C(=O)Nc1cccc(F)c1. The Morgan fingerprint density at radius 1 is 1.19 bits per heavy atom. The molecule has 0 saturated heterocycles. The molecule has 0 saturated carbocycles. The second-order valence-electron chi connectivity index (χ2n) is 5.42. The van der Waals surface area contributed by atoms with Crippen LogP contribution in [0.4, 0.5) is 14.5 Å². The van der Waals surface area contributed by atoms with E-state index < -0.39 is 16.9 Å². The number of thioether (sulfide) groups is 1. The van der Waals surface area contributed by atoms with E-state index in [0.717, 1.165) is 16.4 Å². The molecule has 1 heterocycles. The minimum atomic E-state index is -0.585. The van der Waals surface area contributed by atoms with Gasteiger partial charge in [0.05, 0.1) is 10.8 Å². The topological polar surface area (TPSA) is 85.8 Å². The van der Waals surface area contributed by atoms with Crippen molar-refractivity contribution in [2.45, 2.75) is 17.3 Å². The van der Waals surface area contributed by atoms with Crippen molar-refractivity contribution in [1.29, 1.82) is 0 Å². The van der Waals surface area contributed by atoms with Crippen LogP contribution < -0.4 is 11.2 Å². The smallest absolute Gasteiger partial charge is 0.237 e. The number of hydrogen-bond acceptors (Lipinski definition) is 5. The van der Waals surface area contributed by atoms with E-state index in [2.05, 4.69) is 15.5 Å². The number of nitrogen functional groups attached to an aromatic ring is 1. The quantitative estimate of drug-likeness (QED) is 0.529. The van der Waals surface area contributed by atoms with Crippen LogP contribution >= 0.6 is 11.8 Å². The fourth-order valence-corrected chi connectivity index (χ4v) is 2.98. The Kier molecular flexibility index (Phi) is 5.17. The third kappa shape index (κ3) is 3.83. The molecule has 3 rings (SSSR count). The van der Waals surface area contributed by atoms with Crippen molar-refractivity contribution < 1.29 is 13.6 Å². The van der Waals surface area contributed by atoms with E-state index in [-0.39, 0.29) is 22.5 Å². The summed E-state index contributed by atoms with van der Waals surface area (Å²) in [6, 6.07) is 11.6. The number of aromatic nitrogens is 3. The third-order valence-corrected chi connectivity index (χ3v) is 4.58. The predicted molar refractivity (Wildman–Crippen MR) is 95.9 cm³/mol. The number of carbonyl (C=O) groups is 1. The number of carbonyl (C=O) groups excluding carboxylic acids is 1. The zero-order chi connectivity index (χ0) is 18.7. The molecule has 0 aliphatic heterocycles. The molecule has 134 valence electrons. The molecule has 3 N–H and O–H groups in total. The minimum Gasteiger partial charge on any atom is -0.335 e. The average molecular weight is 375 g/mol. The van der Waals surface area contributed by atoms with Gasteiger partial charge >= 0.3 is 0 Å². The Labute approximate surface area is 152 Å². The van der Waals surface area contributed by atoms with Crippen molar-refractivity contribution in [2.75, 3.05) is 11.2 Å². The van der Waals surface area contributed by atoms with E-state index >= 15 is 0 Å². The molecule has 0 aliphatic carbocycles. The van der Waals surface area contributed by atoms with Crippen molar-refractivity contribution >= 4 is 23.4 Å². The molecule has 3 aromatic rings. The lowest BCUT2D eigenvalue weighted by atomic mass is 10.2. The van der Waals surface area contributed by atoms with Gasteiger partial charge in [0.25, 0.3) is 0 Å². The van der Waals surface area contributed by atoms with Gasteiger partial charge in [-0.05, 0) is 37.3 Å². The summed E-state index contributed by atoms with van der Waals surface area (Å²) in [6.45, 7) is 1.65. The molecule has 9 heteroatoms. The van der Waals surface area contributed by atoms with Gasteiger partial charge in [0, 0.05) is 5.69 Å². The van der Waals surface area contributed by atoms with Gasteiger partial charge in [0.2, 0.25) is 11.1 Å². The van der Waals surface area contributed by atoms with E-state index in [1.807, 2.05) is 0 Å². The van der Waals surface area contributed by atoms with E-state index in [9.17, 15) is 13.6 Å². The number of benzene rings is 2. The van der Waals surface area contributed by atoms with Gasteiger partial charge in [-0.3, -0.25) is 4.79 Å². The van der Waals surface area contributed by atoms with Crippen LogP contribution in [-0.2, 0) is 4.79 Å². The fourth-order valence-electron chi connectivity index (χ4n) is 2.21. The fraction of sp³-hybridized carbons (Fsp3) is 0.118. The normalized spacial score (nSPS) is 12.0. The van der Waals surface area contributed by atoms with Crippen molar-refractivity contribution in [3.63, 3.8) is 0 Å².